The zero-order valence-electron chi connectivity index (χ0n) is 9.27. The summed E-state index contributed by atoms with van der Waals surface area (Å²) in [4.78, 5) is 0. The van der Waals surface area contributed by atoms with Crippen molar-refractivity contribution in [3.63, 3.8) is 0 Å². The third-order valence-corrected chi connectivity index (χ3v) is 5.28. The van der Waals surface area contributed by atoms with Gasteiger partial charge in [0.15, 0.2) is 0 Å². The van der Waals surface area contributed by atoms with Crippen molar-refractivity contribution < 1.29 is 0 Å². The largest absolute Gasteiger partial charge is 0.298 e. The Morgan fingerprint density at radius 1 is 1.12 bits per heavy atom. The van der Waals surface area contributed by atoms with E-state index >= 15 is 0 Å². The Kier molecular flexibility index (Phi) is 1.78. The summed E-state index contributed by atoms with van der Waals surface area (Å²) in [6, 6.07) is 0. The lowest BCUT2D eigenvalue weighted by Crippen LogP contribution is -2.51. The van der Waals surface area contributed by atoms with Crippen molar-refractivity contribution in [2.45, 2.75) is 44.1 Å². The summed E-state index contributed by atoms with van der Waals surface area (Å²) in [7, 11) is 0. The van der Waals surface area contributed by atoms with Gasteiger partial charge < -0.3 is 0 Å². The van der Waals surface area contributed by atoms with Gasteiger partial charge in [-0.1, -0.05) is 0 Å². The fourth-order valence-electron chi connectivity index (χ4n) is 4.90. The molecule has 0 spiro atoms. The van der Waals surface area contributed by atoms with Crippen LogP contribution in [0.2, 0.25) is 5.28 Å². The second kappa shape index (κ2) is 3.00. The summed E-state index contributed by atoms with van der Waals surface area (Å²) < 4.78 is 2.17. The Bertz CT molecular complexity index is 390. The third kappa shape index (κ3) is 1.15. The first-order valence-corrected chi connectivity index (χ1v) is 6.69. The van der Waals surface area contributed by atoms with Crippen molar-refractivity contribution in [2.24, 2.45) is 17.8 Å². The molecule has 4 saturated carbocycles. The normalized spacial score (nSPS) is 45.2. The summed E-state index contributed by atoms with van der Waals surface area (Å²) in [5, 5.41) is 8.50. The first kappa shape index (κ1) is 9.46. The van der Waals surface area contributed by atoms with Crippen LogP contribution in [0.4, 0.5) is 0 Å². The maximum absolute atomic E-state index is 6.17. The molecule has 4 heteroatoms. The van der Waals surface area contributed by atoms with Crippen LogP contribution in [-0.4, -0.2) is 14.8 Å². The van der Waals surface area contributed by atoms with Crippen molar-refractivity contribution >= 4 is 11.6 Å². The smallest absolute Gasteiger partial charge is 0.225 e. The zero-order valence-corrected chi connectivity index (χ0v) is 10.0. The molecule has 4 aliphatic rings. The summed E-state index contributed by atoms with van der Waals surface area (Å²) in [6.45, 7) is 0. The molecule has 0 radical (unpaired) electrons. The fourth-order valence-corrected chi connectivity index (χ4v) is 5.17. The summed E-state index contributed by atoms with van der Waals surface area (Å²) >= 11 is 6.17. The Hall–Kier alpha value is -0.570. The van der Waals surface area contributed by atoms with Crippen molar-refractivity contribution in [1.29, 1.82) is 0 Å². The van der Waals surface area contributed by atoms with Crippen LogP contribution in [0.15, 0.2) is 6.33 Å². The van der Waals surface area contributed by atoms with E-state index in [1.807, 2.05) is 6.33 Å². The highest BCUT2D eigenvalue weighted by molar-refractivity contribution is 6.28. The summed E-state index contributed by atoms with van der Waals surface area (Å²) in [6.07, 6.45) is 10.1. The van der Waals surface area contributed by atoms with Crippen LogP contribution in [0.5, 0.6) is 0 Å². The quantitative estimate of drug-likeness (QED) is 0.752. The molecule has 1 heterocycles. The lowest BCUT2D eigenvalue weighted by molar-refractivity contribution is -0.0431. The van der Waals surface area contributed by atoms with Crippen molar-refractivity contribution in [3.05, 3.63) is 11.6 Å². The number of hydrogen-bond donors (Lipinski definition) is 0. The van der Waals surface area contributed by atoms with Gasteiger partial charge in [0.2, 0.25) is 5.28 Å². The third-order valence-electron chi connectivity index (χ3n) is 5.02. The van der Waals surface area contributed by atoms with Gasteiger partial charge in [0.1, 0.15) is 6.33 Å². The second-order valence-electron chi connectivity index (χ2n) is 6.11. The molecule has 0 saturated heterocycles. The van der Waals surface area contributed by atoms with Crippen LogP contribution in [0.1, 0.15) is 38.5 Å². The molecule has 86 valence electrons. The van der Waals surface area contributed by atoms with Gasteiger partial charge in [-0.05, 0) is 67.9 Å². The lowest BCUT2D eigenvalue weighted by Gasteiger charge is -2.57. The van der Waals surface area contributed by atoms with Crippen LogP contribution in [0, 0.1) is 17.8 Å². The topological polar surface area (TPSA) is 30.7 Å². The zero-order chi connectivity index (χ0) is 10.8. The second-order valence-corrected chi connectivity index (χ2v) is 6.45. The van der Waals surface area contributed by atoms with Crippen LogP contribution in [0.25, 0.3) is 0 Å². The highest BCUT2D eigenvalue weighted by Crippen LogP contribution is 2.59. The first-order chi connectivity index (χ1) is 7.75. The van der Waals surface area contributed by atoms with E-state index in [2.05, 4.69) is 14.8 Å². The maximum Gasteiger partial charge on any atom is 0.225 e. The predicted octanol–water partition coefficient (Wildman–Crippen LogP) is 2.86. The van der Waals surface area contributed by atoms with E-state index in [-0.39, 0.29) is 5.54 Å². The molecule has 4 aliphatic carbocycles. The van der Waals surface area contributed by atoms with Crippen molar-refractivity contribution in [2.75, 3.05) is 0 Å². The summed E-state index contributed by atoms with van der Waals surface area (Å²) in [5.74, 6) is 2.80. The average molecular weight is 238 g/mol. The molecule has 1 aromatic rings. The molecule has 1 aromatic heterocycles. The molecule has 3 nitrogen and oxygen atoms in total. The van der Waals surface area contributed by atoms with E-state index in [4.69, 9.17) is 11.6 Å². The van der Waals surface area contributed by atoms with Gasteiger partial charge >= 0.3 is 0 Å². The van der Waals surface area contributed by atoms with Gasteiger partial charge in [0.05, 0.1) is 0 Å². The number of hydrogen-bond acceptors (Lipinski definition) is 2. The molecule has 0 aliphatic heterocycles. The number of nitrogens with zero attached hydrogens (tertiary/aromatic N) is 3. The Morgan fingerprint density at radius 3 is 2.12 bits per heavy atom. The minimum absolute atomic E-state index is 0.273. The van der Waals surface area contributed by atoms with Crippen LogP contribution >= 0.6 is 11.6 Å². The fraction of sp³-hybridized carbons (Fsp3) is 0.833. The van der Waals surface area contributed by atoms with E-state index in [0.717, 1.165) is 17.8 Å². The molecule has 0 amide bonds. The van der Waals surface area contributed by atoms with E-state index in [9.17, 15) is 0 Å². The Balaban J connectivity index is 1.79. The monoisotopic (exact) mass is 237 g/mol. The van der Waals surface area contributed by atoms with Gasteiger partial charge in [0.25, 0.3) is 0 Å². The van der Waals surface area contributed by atoms with Crippen LogP contribution in [0.3, 0.4) is 0 Å². The van der Waals surface area contributed by atoms with E-state index in [0.29, 0.717) is 5.28 Å². The van der Waals surface area contributed by atoms with Gasteiger partial charge in [-0.25, -0.2) is 0 Å². The number of rotatable bonds is 1. The Morgan fingerprint density at radius 2 is 1.69 bits per heavy atom. The van der Waals surface area contributed by atoms with Gasteiger partial charge in [-0.15, -0.1) is 10.2 Å². The first-order valence-electron chi connectivity index (χ1n) is 6.31. The lowest BCUT2D eigenvalue weighted by atomic mass is 9.53. The molecule has 0 aromatic carbocycles. The Labute approximate surface area is 100 Å². The van der Waals surface area contributed by atoms with Crippen molar-refractivity contribution in [1.82, 2.24) is 14.8 Å². The van der Waals surface area contributed by atoms with Crippen LogP contribution in [-0.2, 0) is 5.54 Å². The number of aromatic nitrogens is 3. The number of halogens is 1. The molecular formula is C12H16ClN3. The molecule has 0 unspecified atom stereocenters. The molecule has 0 atom stereocenters. The molecule has 4 bridgehead atoms. The maximum atomic E-state index is 6.17. The van der Waals surface area contributed by atoms with E-state index in [1.54, 1.807) is 0 Å². The van der Waals surface area contributed by atoms with Gasteiger partial charge in [-0.3, -0.25) is 4.57 Å². The minimum Gasteiger partial charge on any atom is -0.298 e. The highest BCUT2D eigenvalue weighted by Gasteiger charge is 2.52. The van der Waals surface area contributed by atoms with Crippen LogP contribution < -0.4 is 0 Å². The molecule has 16 heavy (non-hydrogen) atoms. The van der Waals surface area contributed by atoms with Crippen molar-refractivity contribution in [3.8, 4) is 0 Å². The predicted molar refractivity (Wildman–Crippen MR) is 61.2 cm³/mol. The molecule has 0 N–H and O–H groups in total. The average Bonchev–Trinajstić information content (AvgIpc) is 2.62. The van der Waals surface area contributed by atoms with Gasteiger partial charge in [-0.2, -0.15) is 0 Å². The minimum atomic E-state index is 0.273. The highest BCUT2D eigenvalue weighted by atomic mass is 35.5. The summed E-state index contributed by atoms with van der Waals surface area (Å²) in [5.41, 5.74) is 0.273. The van der Waals surface area contributed by atoms with E-state index in [1.165, 1.54) is 38.5 Å². The molecule has 4 fully saturated rings. The van der Waals surface area contributed by atoms with Gasteiger partial charge in [0, 0.05) is 5.54 Å². The molecule has 5 rings (SSSR count). The standard InChI is InChI=1S/C12H16ClN3/c13-11-15-14-7-16(11)12-4-8-1-9(5-12)3-10(2-8)6-12/h7-10H,1-6H2. The SMILES string of the molecule is Clc1nncn1C12CC3CC(CC(C3)C1)C2. The van der Waals surface area contributed by atoms with E-state index < -0.39 is 0 Å². The molecular weight excluding hydrogens is 222 g/mol.